The molecular weight excluding hydrogens is 357 g/mol. The Morgan fingerprint density at radius 1 is 1.19 bits per heavy atom. The molecule has 2 amide bonds. The number of sulfonamides is 1. The van der Waals surface area contributed by atoms with Crippen LogP contribution < -0.4 is 15.8 Å². The third-order valence-electron chi connectivity index (χ3n) is 4.48. The van der Waals surface area contributed by atoms with Crippen molar-refractivity contribution in [1.29, 1.82) is 0 Å². The third kappa shape index (κ3) is 4.13. The van der Waals surface area contributed by atoms with E-state index in [0.717, 1.165) is 42.5 Å². The second kappa shape index (κ2) is 7.33. The number of carbonyl (C=O) groups excluding carboxylic acids is 1. The van der Waals surface area contributed by atoms with E-state index in [1.807, 2.05) is 6.07 Å². The minimum Gasteiger partial charge on any atom is -0.352 e. The van der Waals surface area contributed by atoms with Gasteiger partial charge in [0, 0.05) is 18.2 Å². The zero-order valence-corrected chi connectivity index (χ0v) is 14.9. The highest BCUT2D eigenvalue weighted by molar-refractivity contribution is 7.92. The van der Waals surface area contributed by atoms with Crippen molar-refractivity contribution >= 4 is 21.7 Å². The van der Waals surface area contributed by atoms with Crippen LogP contribution >= 0.6 is 0 Å². The molecule has 0 bridgehead atoms. The number of halogens is 1. The molecule has 1 aliphatic rings. The Bertz CT molecular complexity index is 914. The zero-order chi connectivity index (χ0) is 18.7. The topological polar surface area (TPSA) is 101 Å². The van der Waals surface area contributed by atoms with Gasteiger partial charge in [0.2, 0.25) is 0 Å². The number of nitrogens with two attached hydrogens (primary N) is 1. The van der Waals surface area contributed by atoms with Gasteiger partial charge in [-0.1, -0.05) is 6.07 Å². The number of carbonyl (C=O) groups is 1. The van der Waals surface area contributed by atoms with Gasteiger partial charge in [-0.2, -0.15) is 0 Å². The van der Waals surface area contributed by atoms with Gasteiger partial charge in [-0.3, -0.25) is 4.72 Å². The maximum absolute atomic E-state index is 13.0. The van der Waals surface area contributed by atoms with Gasteiger partial charge in [0.15, 0.2) is 0 Å². The highest BCUT2D eigenvalue weighted by Crippen LogP contribution is 2.33. The average molecular weight is 377 g/mol. The maximum Gasteiger partial charge on any atom is 0.312 e. The van der Waals surface area contributed by atoms with E-state index in [2.05, 4.69) is 10.0 Å². The highest BCUT2D eigenvalue weighted by Gasteiger charge is 2.22. The highest BCUT2D eigenvalue weighted by atomic mass is 32.2. The second-order valence-corrected chi connectivity index (χ2v) is 7.99. The first-order chi connectivity index (χ1) is 12.3. The Morgan fingerprint density at radius 2 is 1.92 bits per heavy atom. The van der Waals surface area contributed by atoms with Crippen molar-refractivity contribution < 1.29 is 17.6 Å². The van der Waals surface area contributed by atoms with Crippen LogP contribution in [-0.2, 0) is 16.4 Å². The van der Waals surface area contributed by atoms with E-state index in [0.29, 0.717) is 12.2 Å². The standard InChI is InChI=1S/C18H20FN3O3S/c19-14-5-8-16(9-6-14)26(24,25)22-15-7-4-12-2-1-3-13(17(12)10-15)11-21-18(20)23/h4-10,13,22H,1-3,11H2,(H3,20,21,23). The fourth-order valence-corrected chi connectivity index (χ4v) is 4.27. The summed E-state index contributed by atoms with van der Waals surface area (Å²) in [6.45, 7) is 0.413. The number of benzene rings is 2. The summed E-state index contributed by atoms with van der Waals surface area (Å²) >= 11 is 0. The van der Waals surface area contributed by atoms with Crippen LogP contribution in [0.2, 0.25) is 0 Å². The predicted molar refractivity (Wildman–Crippen MR) is 96.9 cm³/mol. The smallest absolute Gasteiger partial charge is 0.312 e. The first-order valence-corrected chi connectivity index (χ1v) is 9.78. The number of hydrogen-bond donors (Lipinski definition) is 3. The number of nitrogens with one attached hydrogen (secondary N) is 2. The number of rotatable bonds is 5. The molecular formula is C18H20FN3O3S. The maximum atomic E-state index is 13.0. The lowest BCUT2D eigenvalue weighted by Crippen LogP contribution is -2.34. The third-order valence-corrected chi connectivity index (χ3v) is 5.88. The molecule has 1 aliphatic carbocycles. The first kappa shape index (κ1) is 18.2. The number of amides is 2. The number of anilines is 1. The van der Waals surface area contributed by atoms with Crippen LogP contribution in [0, 0.1) is 5.82 Å². The molecule has 0 spiro atoms. The molecule has 0 saturated carbocycles. The number of fused-ring (bicyclic) bond motifs is 1. The molecule has 1 unspecified atom stereocenters. The summed E-state index contributed by atoms with van der Waals surface area (Å²) < 4.78 is 40.5. The van der Waals surface area contributed by atoms with Gasteiger partial charge in [0.05, 0.1) is 4.90 Å². The molecule has 1 atom stereocenters. The molecule has 26 heavy (non-hydrogen) atoms. The van der Waals surface area contributed by atoms with Crippen LogP contribution in [0.3, 0.4) is 0 Å². The van der Waals surface area contributed by atoms with Crippen LogP contribution in [0.25, 0.3) is 0 Å². The minimum absolute atomic E-state index is 0.0106. The van der Waals surface area contributed by atoms with E-state index in [1.165, 1.54) is 12.1 Å². The monoisotopic (exact) mass is 377 g/mol. The quantitative estimate of drug-likeness (QED) is 0.747. The number of hydrogen-bond acceptors (Lipinski definition) is 3. The molecule has 0 aliphatic heterocycles. The van der Waals surface area contributed by atoms with Crippen molar-refractivity contribution in [2.24, 2.45) is 5.73 Å². The normalized spacial score (nSPS) is 16.6. The van der Waals surface area contributed by atoms with Gasteiger partial charge in [0.1, 0.15) is 5.82 Å². The molecule has 2 aromatic carbocycles. The van der Waals surface area contributed by atoms with Crippen molar-refractivity contribution in [3.05, 3.63) is 59.4 Å². The largest absolute Gasteiger partial charge is 0.352 e. The van der Waals surface area contributed by atoms with E-state index < -0.39 is 21.9 Å². The van der Waals surface area contributed by atoms with Crippen LogP contribution in [-0.4, -0.2) is 21.0 Å². The van der Waals surface area contributed by atoms with Crippen molar-refractivity contribution in [3.63, 3.8) is 0 Å². The molecule has 0 fully saturated rings. The summed E-state index contributed by atoms with van der Waals surface area (Å²) in [4.78, 5) is 11.0. The Morgan fingerprint density at radius 3 is 2.62 bits per heavy atom. The average Bonchev–Trinajstić information content (AvgIpc) is 2.60. The van der Waals surface area contributed by atoms with Crippen molar-refractivity contribution in [1.82, 2.24) is 5.32 Å². The Kier molecular flexibility index (Phi) is 5.13. The van der Waals surface area contributed by atoms with Gasteiger partial charge in [-0.05, 0) is 66.8 Å². The number of primary amides is 1. The van der Waals surface area contributed by atoms with E-state index in [-0.39, 0.29) is 10.8 Å². The summed E-state index contributed by atoms with van der Waals surface area (Å²) in [6, 6.07) is 9.47. The molecule has 0 saturated heterocycles. The summed E-state index contributed by atoms with van der Waals surface area (Å²) in [7, 11) is -3.81. The number of aryl methyl sites for hydroxylation is 1. The molecule has 8 heteroatoms. The summed E-state index contributed by atoms with van der Waals surface area (Å²) in [6.07, 6.45) is 2.80. The SMILES string of the molecule is NC(=O)NCC1CCCc2ccc(NS(=O)(=O)c3ccc(F)cc3)cc21. The molecule has 0 radical (unpaired) electrons. The fraction of sp³-hybridized carbons (Fsp3) is 0.278. The van der Waals surface area contributed by atoms with Crippen LogP contribution in [0.4, 0.5) is 14.9 Å². The van der Waals surface area contributed by atoms with Crippen LogP contribution in [0.5, 0.6) is 0 Å². The Labute approximate surface area is 151 Å². The molecule has 6 nitrogen and oxygen atoms in total. The summed E-state index contributed by atoms with van der Waals surface area (Å²) in [5.41, 5.74) is 7.72. The van der Waals surface area contributed by atoms with E-state index in [9.17, 15) is 17.6 Å². The van der Waals surface area contributed by atoms with Gasteiger partial charge in [-0.25, -0.2) is 17.6 Å². The second-order valence-electron chi connectivity index (χ2n) is 6.31. The minimum atomic E-state index is -3.81. The summed E-state index contributed by atoms with van der Waals surface area (Å²) in [5.74, 6) is -0.413. The lowest BCUT2D eigenvalue weighted by Gasteiger charge is -2.26. The van der Waals surface area contributed by atoms with E-state index >= 15 is 0 Å². The molecule has 138 valence electrons. The van der Waals surface area contributed by atoms with Gasteiger partial charge in [-0.15, -0.1) is 0 Å². The van der Waals surface area contributed by atoms with Crippen LogP contribution in [0.1, 0.15) is 29.9 Å². The lowest BCUT2D eigenvalue weighted by atomic mass is 9.82. The molecule has 0 aromatic heterocycles. The van der Waals surface area contributed by atoms with E-state index in [1.54, 1.807) is 12.1 Å². The van der Waals surface area contributed by atoms with Gasteiger partial charge in [0.25, 0.3) is 10.0 Å². The van der Waals surface area contributed by atoms with Crippen LogP contribution in [0.15, 0.2) is 47.4 Å². The van der Waals surface area contributed by atoms with Gasteiger partial charge >= 0.3 is 6.03 Å². The fourth-order valence-electron chi connectivity index (χ4n) is 3.22. The van der Waals surface area contributed by atoms with Crippen molar-refractivity contribution in [2.45, 2.75) is 30.1 Å². The van der Waals surface area contributed by atoms with Gasteiger partial charge < -0.3 is 11.1 Å². The predicted octanol–water partition coefficient (Wildman–Crippen LogP) is 2.71. The first-order valence-electron chi connectivity index (χ1n) is 8.30. The molecule has 2 aromatic rings. The lowest BCUT2D eigenvalue weighted by molar-refractivity contribution is 0.248. The number of urea groups is 1. The molecule has 3 rings (SSSR count). The Balaban J connectivity index is 1.84. The summed E-state index contributed by atoms with van der Waals surface area (Å²) in [5, 5.41) is 2.62. The van der Waals surface area contributed by atoms with E-state index in [4.69, 9.17) is 5.73 Å². The molecule has 4 N–H and O–H groups in total. The Hall–Kier alpha value is -2.61. The van der Waals surface area contributed by atoms with Crippen molar-refractivity contribution in [2.75, 3.05) is 11.3 Å². The molecule has 0 heterocycles. The zero-order valence-electron chi connectivity index (χ0n) is 14.0. The van der Waals surface area contributed by atoms with Crippen molar-refractivity contribution in [3.8, 4) is 0 Å².